The van der Waals surface area contributed by atoms with Crippen LogP contribution in [0.3, 0.4) is 0 Å². The molecule has 8 heteroatoms. The third-order valence-corrected chi connectivity index (χ3v) is 6.86. The Morgan fingerprint density at radius 3 is 2.43 bits per heavy atom. The molecule has 0 radical (unpaired) electrons. The van der Waals surface area contributed by atoms with E-state index in [0.29, 0.717) is 31.6 Å². The molecule has 37 heavy (non-hydrogen) atoms. The Morgan fingerprint density at radius 2 is 1.78 bits per heavy atom. The van der Waals surface area contributed by atoms with E-state index in [4.69, 9.17) is 9.47 Å². The van der Waals surface area contributed by atoms with Gasteiger partial charge in [0.15, 0.2) is 5.76 Å². The van der Waals surface area contributed by atoms with Crippen LogP contribution in [0.1, 0.15) is 42.5 Å². The average molecular weight is 506 g/mol. The maximum absolute atomic E-state index is 13.9. The van der Waals surface area contributed by atoms with Gasteiger partial charge in [-0.3, -0.25) is 14.3 Å². The van der Waals surface area contributed by atoms with Gasteiger partial charge in [0.05, 0.1) is 5.69 Å². The summed E-state index contributed by atoms with van der Waals surface area (Å²) in [5.41, 5.74) is 2.97. The van der Waals surface area contributed by atoms with Gasteiger partial charge >= 0.3 is 0 Å². The number of carbonyl (C=O) groups is 1. The van der Waals surface area contributed by atoms with Crippen molar-refractivity contribution in [2.45, 2.75) is 45.4 Å². The summed E-state index contributed by atoms with van der Waals surface area (Å²) in [4.78, 5) is 27.1. The van der Waals surface area contributed by atoms with Gasteiger partial charge in [-0.2, -0.15) is 0 Å². The Labute approximate surface area is 217 Å². The van der Waals surface area contributed by atoms with E-state index in [9.17, 15) is 14.7 Å². The molecule has 2 N–H and O–H groups in total. The molecule has 1 amide bonds. The van der Waals surface area contributed by atoms with Crippen LogP contribution in [0.2, 0.25) is 0 Å². The van der Waals surface area contributed by atoms with E-state index in [1.54, 1.807) is 10.8 Å². The van der Waals surface area contributed by atoms with Crippen molar-refractivity contribution in [1.29, 1.82) is 0 Å². The van der Waals surface area contributed by atoms with E-state index >= 15 is 0 Å². The van der Waals surface area contributed by atoms with Crippen molar-refractivity contribution in [3.63, 3.8) is 0 Å². The van der Waals surface area contributed by atoms with Crippen LogP contribution >= 0.6 is 0 Å². The number of nitrogens with zero attached hydrogens (tertiary/aromatic N) is 2. The minimum atomic E-state index is -0.729. The summed E-state index contributed by atoms with van der Waals surface area (Å²) in [6.07, 6.45) is 2.11. The molecular formula is C29H35N3O5. The topological polar surface area (TPSA) is 94.7 Å². The van der Waals surface area contributed by atoms with Gasteiger partial charge in [0.1, 0.15) is 0 Å². The van der Waals surface area contributed by atoms with Crippen molar-refractivity contribution in [3.05, 3.63) is 99.7 Å². The molecule has 3 aromatic rings. The molecule has 8 nitrogen and oxygen atoms in total. The first kappa shape index (κ1) is 26.4. The van der Waals surface area contributed by atoms with E-state index in [0.717, 1.165) is 16.9 Å². The Bertz CT molecular complexity index is 1280. The summed E-state index contributed by atoms with van der Waals surface area (Å²) in [6, 6.07) is 19.1. The highest BCUT2D eigenvalue weighted by Crippen LogP contribution is 2.39. The molecule has 3 atom stereocenters. The fourth-order valence-corrected chi connectivity index (χ4v) is 4.94. The lowest BCUT2D eigenvalue weighted by molar-refractivity contribution is -0.166. The molecule has 1 aliphatic rings. The third kappa shape index (κ3) is 5.70. The van der Waals surface area contributed by atoms with E-state index in [1.807, 2.05) is 86.2 Å². The second kappa shape index (κ2) is 12.1. The SMILES string of the molecule is CCO[C@@H]1OC(C(=O)NCc2ccccc2)=C[C@H](c2c(C)n(C)n(-c3ccccc3)c2=O)[C@@H]1CCCO. The van der Waals surface area contributed by atoms with Gasteiger partial charge in [-0.1, -0.05) is 48.5 Å². The fraction of sp³-hybridized carbons (Fsp3) is 0.379. The normalized spacial score (nSPS) is 19.2. The van der Waals surface area contributed by atoms with Crippen LogP contribution in [-0.2, 0) is 27.9 Å². The molecular weight excluding hydrogens is 470 g/mol. The van der Waals surface area contributed by atoms with Gasteiger partial charge in [0, 0.05) is 49.9 Å². The highest BCUT2D eigenvalue weighted by molar-refractivity contribution is 5.91. The van der Waals surface area contributed by atoms with Crippen LogP contribution in [0, 0.1) is 12.8 Å². The Hall–Kier alpha value is -3.62. The van der Waals surface area contributed by atoms with Crippen LogP contribution < -0.4 is 10.9 Å². The maximum Gasteiger partial charge on any atom is 0.286 e. The summed E-state index contributed by atoms with van der Waals surface area (Å²) >= 11 is 0. The third-order valence-electron chi connectivity index (χ3n) is 6.86. The van der Waals surface area contributed by atoms with Crippen molar-refractivity contribution >= 4 is 5.91 Å². The molecule has 0 fully saturated rings. The lowest BCUT2D eigenvalue weighted by Gasteiger charge is -2.36. The van der Waals surface area contributed by atoms with Crippen molar-refractivity contribution in [1.82, 2.24) is 14.7 Å². The number of hydrogen-bond acceptors (Lipinski definition) is 5. The van der Waals surface area contributed by atoms with Gasteiger partial charge < -0.3 is 19.9 Å². The standard InChI is InChI=1S/C29H35N3O5/c1-4-36-29-23(16-11-17-33)24(18-25(37-29)27(34)30-19-21-12-7-5-8-13-21)26-20(2)31(3)32(28(26)35)22-14-9-6-10-15-22/h5-10,12-15,18,23-24,29,33H,4,11,16-17,19H2,1-3H3,(H,30,34)/t23-,24-,29+/m0/s1. The lowest BCUT2D eigenvalue weighted by atomic mass is 9.80. The fourth-order valence-electron chi connectivity index (χ4n) is 4.94. The van der Waals surface area contributed by atoms with Crippen molar-refractivity contribution in [2.24, 2.45) is 13.0 Å². The Balaban J connectivity index is 1.76. The predicted octanol–water partition coefficient (Wildman–Crippen LogP) is 3.55. The lowest BCUT2D eigenvalue weighted by Crippen LogP contribution is -2.40. The molecule has 1 aromatic heterocycles. The Morgan fingerprint density at radius 1 is 1.11 bits per heavy atom. The molecule has 0 aliphatic carbocycles. The number of hydrogen-bond donors (Lipinski definition) is 2. The highest BCUT2D eigenvalue weighted by Gasteiger charge is 2.40. The molecule has 0 unspecified atom stereocenters. The van der Waals surface area contributed by atoms with Gasteiger partial charge in [-0.05, 0) is 50.5 Å². The van der Waals surface area contributed by atoms with E-state index < -0.39 is 12.2 Å². The van der Waals surface area contributed by atoms with Crippen molar-refractivity contribution in [3.8, 4) is 5.69 Å². The first-order chi connectivity index (χ1) is 18.0. The van der Waals surface area contributed by atoms with Gasteiger partial charge in [-0.15, -0.1) is 0 Å². The molecule has 196 valence electrons. The van der Waals surface area contributed by atoms with Crippen LogP contribution in [0.4, 0.5) is 0 Å². The quantitative estimate of drug-likeness (QED) is 0.440. The first-order valence-electron chi connectivity index (χ1n) is 12.7. The number of para-hydroxylation sites is 1. The van der Waals surface area contributed by atoms with Gasteiger partial charge in [0.25, 0.3) is 11.5 Å². The number of aromatic nitrogens is 2. The second-order valence-electron chi connectivity index (χ2n) is 9.17. The number of aliphatic hydroxyl groups excluding tert-OH is 1. The molecule has 0 saturated heterocycles. The zero-order valence-corrected chi connectivity index (χ0v) is 21.6. The van der Waals surface area contributed by atoms with Crippen molar-refractivity contribution in [2.75, 3.05) is 13.2 Å². The molecule has 4 rings (SSSR count). The summed E-state index contributed by atoms with van der Waals surface area (Å²) in [5.74, 6) is -0.918. The smallest absolute Gasteiger partial charge is 0.286 e. The van der Waals surface area contributed by atoms with Crippen molar-refractivity contribution < 1.29 is 19.4 Å². The predicted molar refractivity (Wildman–Crippen MR) is 141 cm³/mol. The number of aliphatic hydroxyl groups is 1. The zero-order chi connectivity index (χ0) is 26.4. The van der Waals surface area contributed by atoms with Crippen LogP contribution in [-0.4, -0.2) is 39.9 Å². The highest BCUT2D eigenvalue weighted by atomic mass is 16.7. The number of amides is 1. The molecule has 1 aliphatic heterocycles. The zero-order valence-electron chi connectivity index (χ0n) is 21.6. The van der Waals surface area contributed by atoms with Crippen LogP contribution in [0.5, 0.6) is 0 Å². The number of nitrogens with one attached hydrogen (secondary N) is 1. The number of benzene rings is 2. The minimum absolute atomic E-state index is 0.0121. The molecule has 2 heterocycles. The van der Waals surface area contributed by atoms with Gasteiger partial charge in [-0.25, -0.2) is 4.68 Å². The average Bonchev–Trinajstić information content (AvgIpc) is 3.14. The second-order valence-corrected chi connectivity index (χ2v) is 9.17. The largest absolute Gasteiger partial charge is 0.459 e. The molecule has 0 spiro atoms. The number of carbonyl (C=O) groups excluding carboxylic acids is 1. The van der Waals surface area contributed by atoms with Crippen LogP contribution in [0.15, 0.2) is 77.3 Å². The summed E-state index contributed by atoms with van der Waals surface area (Å²) in [7, 11) is 1.85. The molecule has 0 bridgehead atoms. The van der Waals surface area contributed by atoms with E-state index in [-0.39, 0.29) is 29.8 Å². The summed E-state index contributed by atoms with van der Waals surface area (Å²) in [5, 5.41) is 12.5. The maximum atomic E-state index is 13.9. The molecule has 0 saturated carbocycles. The van der Waals surface area contributed by atoms with E-state index in [1.165, 1.54) is 0 Å². The summed E-state index contributed by atoms with van der Waals surface area (Å²) in [6.45, 7) is 4.52. The first-order valence-corrected chi connectivity index (χ1v) is 12.7. The van der Waals surface area contributed by atoms with E-state index in [2.05, 4.69) is 5.32 Å². The number of ether oxygens (including phenoxy) is 2. The summed E-state index contributed by atoms with van der Waals surface area (Å²) < 4.78 is 15.5. The molecule has 2 aromatic carbocycles. The number of rotatable bonds is 10. The Kier molecular flexibility index (Phi) is 8.63. The minimum Gasteiger partial charge on any atom is -0.459 e. The van der Waals surface area contributed by atoms with Crippen LogP contribution in [0.25, 0.3) is 5.69 Å². The monoisotopic (exact) mass is 505 g/mol. The number of allylic oxidation sites excluding steroid dienone is 1. The van der Waals surface area contributed by atoms with Gasteiger partial charge in [0.2, 0.25) is 6.29 Å².